The molecular weight excluding hydrogens is 152 g/mol. The van der Waals surface area contributed by atoms with Crippen molar-refractivity contribution >= 4 is 12.0 Å². The third-order valence-corrected chi connectivity index (χ3v) is 0.771. The van der Waals surface area contributed by atoms with E-state index in [9.17, 15) is 9.59 Å². The van der Waals surface area contributed by atoms with E-state index in [-0.39, 0.29) is 19.8 Å². The van der Waals surface area contributed by atoms with Crippen molar-refractivity contribution in [3.63, 3.8) is 0 Å². The zero-order valence-corrected chi connectivity index (χ0v) is 5.87. The molecule has 64 valence electrons. The van der Waals surface area contributed by atoms with Gasteiger partial charge < -0.3 is 20.9 Å². The minimum absolute atomic E-state index is 0.148. The fourth-order valence-electron chi connectivity index (χ4n) is 0.406. The largest absolute Gasteiger partial charge is 0.480 e. The molecule has 0 fully saturated rings. The molecule has 0 bridgehead atoms. The Morgan fingerprint density at radius 3 is 2.64 bits per heavy atom. The summed E-state index contributed by atoms with van der Waals surface area (Å²) in [7, 11) is 0. The van der Waals surface area contributed by atoms with Crippen molar-refractivity contribution in [2.75, 3.05) is 19.8 Å². The van der Waals surface area contributed by atoms with Crippen molar-refractivity contribution in [3.8, 4) is 0 Å². The minimum atomic E-state index is -1.04. The van der Waals surface area contributed by atoms with Gasteiger partial charge in [-0.3, -0.25) is 0 Å². The van der Waals surface area contributed by atoms with Crippen LogP contribution in [0.5, 0.6) is 0 Å². The number of carbonyl (C=O) groups is 2. The predicted molar refractivity (Wildman–Crippen MR) is 36.0 cm³/mol. The summed E-state index contributed by atoms with van der Waals surface area (Å²) in [5, 5.41) is 10.3. The predicted octanol–water partition coefficient (Wildman–Crippen LogP) is -1.24. The van der Waals surface area contributed by atoms with Crippen LogP contribution >= 0.6 is 0 Å². The summed E-state index contributed by atoms with van der Waals surface area (Å²) in [5.74, 6) is -1.04. The third-order valence-electron chi connectivity index (χ3n) is 0.771. The molecule has 0 aromatic rings. The number of urea groups is 1. The molecule has 0 radical (unpaired) electrons. The fraction of sp³-hybridized carbons (Fsp3) is 0.600. The number of nitrogens with two attached hydrogens (primary N) is 1. The maximum Gasteiger partial charge on any atom is 0.329 e. The van der Waals surface area contributed by atoms with Gasteiger partial charge in [-0.05, 0) is 0 Å². The lowest BCUT2D eigenvalue weighted by Crippen LogP contribution is -2.32. The number of hydrogen-bond acceptors (Lipinski definition) is 3. The molecular formula is C5H10N2O4. The van der Waals surface area contributed by atoms with Gasteiger partial charge in [0.2, 0.25) is 0 Å². The van der Waals surface area contributed by atoms with Crippen LogP contribution in [-0.4, -0.2) is 36.9 Å². The maximum atomic E-state index is 10.0. The van der Waals surface area contributed by atoms with E-state index in [1.165, 1.54) is 0 Å². The number of carboxylic acid groups (broad SMARTS) is 1. The molecule has 11 heavy (non-hydrogen) atoms. The van der Waals surface area contributed by atoms with Crippen molar-refractivity contribution in [2.24, 2.45) is 5.73 Å². The fourth-order valence-corrected chi connectivity index (χ4v) is 0.406. The van der Waals surface area contributed by atoms with Gasteiger partial charge >= 0.3 is 12.0 Å². The molecule has 6 heteroatoms. The number of amides is 2. The molecule has 0 aliphatic rings. The van der Waals surface area contributed by atoms with Crippen molar-refractivity contribution in [1.82, 2.24) is 5.32 Å². The molecule has 0 spiro atoms. The van der Waals surface area contributed by atoms with Gasteiger partial charge in [-0.2, -0.15) is 0 Å². The van der Waals surface area contributed by atoms with Gasteiger partial charge in [0, 0.05) is 6.54 Å². The van der Waals surface area contributed by atoms with Crippen LogP contribution in [0.3, 0.4) is 0 Å². The van der Waals surface area contributed by atoms with E-state index in [2.05, 4.69) is 10.1 Å². The Bertz CT molecular complexity index is 131. The molecule has 0 heterocycles. The number of nitrogens with one attached hydrogen (secondary N) is 1. The topological polar surface area (TPSA) is 102 Å². The highest BCUT2D eigenvalue weighted by Gasteiger charge is 1.95. The average Bonchev–Trinajstić information content (AvgIpc) is 1.85. The number of rotatable bonds is 5. The second kappa shape index (κ2) is 5.48. The van der Waals surface area contributed by atoms with Crippen LogP contribution in [0.1, 0.15) is 0 Å². The third kappa shape index (κ3) is 8.70. The van der Waals surface area contributed by atoms with Crippen molar-refractivity contribution in [3.05, 3.63) is 0 Å². The Morgan fingerprint density at radius 1 is 1.55 bits per heavy atom. The van der Waals surface area contributed by atoms with E-state index in [0.29, 0.717) is 0 Å². The smallest absolute Gasteiger partial charge is 0.329 e. The van der Waals surface area contributed by atoms with Gasteiger partial charge in [-0.15, -0.1) is 0 Å². The molecule has 4 N–H and O–H groups in total. The molecule has 0 unspecified atom stereocenters. The molecule has 6 nitrogen and oxygen atoms in total. The first-order valence-corrected chi connectivity index (χ1v) is 2.95. The quantitative estimate of drug-likeness (QED) is 0.440. The summed E-state index contributed by atoms with van der Waals surface area (Å²) in [4.78, 5) is 19.9. The van der Waals surface area contributed by atoms with Gasteiger partial charge in [0.1, 0.15) is 6.61 Å². The summed E-state index contributed by atoms with van der Waals surface area (Å²) >= 11 is 0. The summed E-state index contributed by atoms with van der Waals surface area (Å²) in [6, 6.07) is -0.649. The van der Waals surface area contributed by atoms with Crippen LogP contribution in [0.2, 0.25) is 0 Å². The Kier molecular flexibility index (Phi) is 4.83. The zero-order chi connectivity index (χ0) is 8.69. The molecule has 0 saturated carbocycles. The number of aliphatic carboxylic acids is 1. The molecule has 0 saturated heterocycles. The number of carboxylic acids is 1. The van der Waals surface area contributed by atoms with Crippen LogP contribution in [0.25, 0.3) is 0 Å². The van der Waals surface area contributed by atoms with E-state index in [4.69, 9.17) is 10.8 Å². The number of primary amides is 1. The van der Waals surface area contributed by atoms with E-state index >= 15 is 0 Å². The van der Waals surface area contributed by atoms with Gasteiger partial charge in [-0.1, -0.05) is 0 Å². The van der Waals surface area contributed by atoms with Crippen LogP contribution in [0, 0.1) is 0 Å². The first-order chi connectivity index (χ1) is 5.13. The summed E-state index contributed by atoms with van der Waals surface area (Å²) < 4.78 is 4.58. The summed E-state index contributed by atoms with van der Waals surface area (Å²) in [6.07, 6.45) is 0. The van der Waals surface area contributed by atoms with Crippen LogP contribution < -0.4 is 11.1 Å². The number of carbonyl (C=O) groups excluding carboxylic acids is 1. The number of ether oxygens (including phenoxy) is 1. The second-order valence-corrected chi connectivity index (χ2v) is 1.74. The Balaban J connectivity index is 3.03. The molecule has 0 aromatic carbocycles. The van der Waals surface area contributed by atoms with Gasteiger partial charge in [0.05, 0.1) is 6.61 Å². The first kappa shape index (κ1) is 9.70. The highest BCUT2D eigenvalue weighted by Crippen LogP contribution is 1.72. The zero-order valence-electron chi connectivity index (χ0n) is 5.87. The van der Waals surface area contributed by atoms with E-state index < -0.39 is 12.0 Å². The Morgan fingerprint density at radius 2 is 2.18 bits per heavy atom. The first-order valence-electron chi connectivity index (χ1n) is 2.95. The summed E-state index contributed by atoms with van der Waals surface area (Å²) in [6.45, 7) is 0.0122. The van der Waals surface area contributed by atoms with Crippen LogP contribution in [-0.2, 0) is 9.53 Å². The lowest BCUT2D eigenvalue weighted by molar-refractivity contribution is -0.142. The van der Waals surface area contributed by atoms with Crippen molar-refractivity contribution in [1.29, 1.82) is 0 Å². The Labute approximate surface area is 63.3 Å². The normalized spacial score (nSPS) is 9.09. The average molecular weight is 162 g/mol. The van der Waals surface area contributed by atoms with Gasteiger partial charge in [0.15, 0.2) is 0 Å². The molecule has 0 aliphatic carbocycles. The second-order valence-electron chi connectivity index (χ2n) is 1.74. The monoisotopic (exact) mass is 162 g/mol. The molecule has 2 amide bonds. The van der Waals surface area contributed by atoms with Gasteiger partial charge in [0.25, 0.3) is 0 Å². The van der Waals surface area contributed by atoms with E-state index in [1.807, 2.05) is 0 Å². The maximum absolute atomic E-state index is 10.0. The summed E-state index contributed by atoms with van der Waals surface area (Å²) in [5.41, 5.74) is 4.71. The number of hydrogen-bond donors (Lipinski definition) is 3. The van der Waals surface area contributed by atoms with E-state index in [0.717, 1.165) is 0 Å². The van der Waals surface area contributed by atoms with Crippen molar-refractivity contribution in [2.45, 2.75) is 0 Å². The minimum Gasteiger partial charge on any atom is -0.480 e. The van der Waals surface area contributed by atoms with E-state index in [1.54, 1.807) is 0 Å². The highest BCUT2D eigenvalue weighted by molar-refractivity contribution is 5.71. The lowest BCUT2D eigenvalue weighted by Gasteiger charge is -2.00. The van der Waals surface area contributed by atoms with Crippen LogP contribution in [0.15, 0.2) is 0 Å². The van der Waals surface area contributed by atoms with Crippen LogP contribution in [0.4, 0.5) is 4.79 Å². The van der Waals surface area contributed by atoms with Crippen molar-refractivity contribution < 1.29 is 19.4 Å². The molecule has 0 rings (SSSR count). The highest BCUT2D eigenvalue weighted by atomic mass is 16.5. The van der Waals surface area contributed by atoms with Gasteiger partial charge in [-0.25, -0.2) is 9.59 Å². The SMILES string of the molecule is NC(=O)NCCOCC(=O)O. The standard InChI is InChI=1S/C5H10N2O4/c6-5(10)7-1-2-11-3-4(8)9/h1-3H2,(H,8,9)(H3,6,7,10). The Hall–Kier alpha value is -1.30. The molecule has 0 aliphatic heterocycles. The lowest BCUT2D eigenvalue weighted by atomic mass is 10.6. The molecule has 0 atom stereocenters. The molecule has 0 aromatic heterocycles.